The maximum absolute atomic E-state index is 12.0. The molecule has 0 fully saturated rings. The molecule has 1 aromatic carbocycles. The minimum absolute atomic E-state index is 0.271. The number of ether oxygens (including phenoxy) is 1. The molecule has 24 heavy (non-hydrogen) atoms. The number of anilines is 1. The molecule has 0 atom stereocenters. The van der Waals surface area contributed by atoms with Crippen LogP contribution in [0.2, 0.25) is 0 Å². The second kappa shape index (κ2) is 7.18. The fraction of sp³-hybridized carbons (Fsp3) is 0.368. The Bertz CT molecular complexity index is 725. The molecule has 1 amide bonds. The zero-order valence-electron chi connectivity index (χ0n) is 13.9. The quantitative estimate of drug-likeness (QED) is 0.830. The first-order valence-electron chi connectivity index (χ1n) is 8.21. The third-order valence-corrected chi connectivity index (χ3v) is 5.36. The second-order valence-corrected chi connectivity index (χ2v) is 7.45. The summed E-state index contributed by atoms with van der Waals surface area (Å²) in [4.78, 5) is 25.8. The third-order valence-electron chi connectivity index (χ3n) is 4.14. The maximum Gasteiger partial charge on any atom is 0.348 e. The Kier molecular flexibility index (Phi) is 5.00. The molecule has 1 aliphatic carbocycles. The van der Waals surface area contributed by atoms with Crippen molar-refractivity contribution in [2.75, 3.05) is 11.9 Å². The summed E-state index contributed by atoms with van der Waals surface area (Å²) < 4.78 is 5.12. The average molecular weight is 343 g/mol. The van der Waals surface area contributed by atoms with E-state index in [-0.39, 0.29) is 12.5 Å². The van der Waals surface area contributed by atoms with E-state index in [1.54, 1.807) is 0 Å². The van der Waals surface area contributed by atoms with Gasteiger partial charge in [0.1, 0.15) is 4.88 Å². The van der Waals surface area contributed by atoms with Crippen LogP contribution in [0.25, 0.3) is 0 Å². The Morgan fingerprint density at radius 3 is 2.62 bits per heavy atom. The first-order chi connectivity index (χ1) is 11.5. The molecule has 1 aliphatic rings. The first-order valence-corrected chi connectivity index (χ1v) is 9.03. The van der Waals surface area contributed by atoms with Gasteiger partial charge >= 0.3 is 5.97 Å². The number of fused-ring (bicyclic) bond motifs is 1. The predicted molar refractivity (Wildman–Crippen MR) is 95.8 cm³/mol. The van der Waals surface area contributed by atoms with Gasteiger partial charge in [-0.1, -0.05) is 26.0 Å². The van der Waals surface area contributed by atoms with Crippen LogP contribution < -0.4 is 5.32 Å². The van der Waals surface area contributed by atoms with Gasteiger partial charge in [-0.3, -0.25) is 4.79 Å². The van der Waals surface area contributed by atoms with Crippen LogP contribution in [0.1, 0.15) is 51.9 Å². The van der Waals surface area contributed by atoms with Crippen LogP contribution in [-0.2, 0) is 22.4 Å². The maximum atomic E-state index is 12.0. The van der Waals surface area contributed by atoms with Crippen molar-refractivity contribution >= 4 is 28.9 Å². The molecule has 1 N–H and O–H groups in total. The molecular weight excluding hydrogens is 322 g/mol. The van der Waals surface area contributed by atoms with E-state index in [2.05, 4.69) is 19.2 Å². The van der Waals surface area contributed by atoms with Gasteiger partial charge in [-0.25, -0.2) is 4.79 Å². The number of carbonyl (C=O) groups excluding carboxylic acids is 2. The monoisotopic (exact) mass is 343 g/mol. The van der Waals surface area contributed by atoms with Crippen molar-refractivity contribution < 1.29 is 14.3 Å². The Hall–Kier alpha value is -2.14. The van der Waals surface area contributed by atoms with Crippen molar-refractivity contribution in [1.82, 2.24) is 0 Å². The zero-order valence-corrected chi connectivity index (χ0v) is 14.7. The van der Waals surface area contributed by atoms with Crippen molar-refractivity contribution in [2.45, 2.75) is 39.0 Å². The summed E-state index contributed by atoms with van der Waals surface area (Å²) in [6.45, 7) is 3.97. The number of esters is 1. The summed E-state index contributed by atoms with van der Waals surface area (Å²) in [5.41, 5.74) is 3.17. The molecular formula is C19H21NO3S. The largest absolute Gasteiger partial charge is 0.451 e. The van der Waals surface area contributed by atoms with Crippen LogP contribution in [0.15, 0.2) is 30.3 Å². The molecule has 0 saturated heterocycles. The van der Waals surface area contributed by atoms with Crippen molar-refractivity contribution in [3.63, 3.8) is 0 Å². The topological polar surface area (TPSA) is 55.4 Å². The lowest BCUT2D eigenvalue weighted by Crippen LogP contribution is -2.20. The number of nitrogens with one attached hydrogen (secondary N) is 1. The number of thiophene rings is 1. The highest BCUT2D eigenvalue weighted by molar-refractivity contribution is 7.14. The van der Waals surface area contributed by atoms with Gasteiger partial charge < -0.3 is 10.1 Å². The minimum atomic E-state index is -0.417. The van der Waals surface area contributed by atoms with Gasteiger partial charge in [-0.15, -0.1) is 11.3 Å². The highest BCUT2D eigenvalue weighted by atomic mass is 32.1. The summed E-state index contributed by atoms with van der Waals surface area (Å²) in [5, 5.41) is 2.74. The zero-order chi connectivity index (χ0) is 17.1. The van der Waals surface area contributed by atoms with Gasteiger partial charge in [0.05, 0.1) is 0 Å². The highest BCUT2D eigenvalue weighted by Crippen LogP contribution is 2.30. The Morgan fingerprint density at radius 2 is 1.96 bits per heavy atom. The lowest BCUT2D eigenvalue weighted by molar-refractivity contribution is -0.119. The van der Waals surface area contributed by atoms with E-state index in [1.165, 1.54) is 27.3 Å². The van der Waals surface area contributed by atoms with E-state index in [0.29, 0.717) is 16.5 Å². The number of amides is 1. The predicted octanol–water partition coefficient (Wildman–Crippen LogP) is 4.16. The van der Waals surface area contributed by atoms with Gasteiger partial charge in [0.2, 0.25) is 0 Å². The van der Waals surface area contributed by atoms with Crippen LogP contribution in [0, 0.1) is 0 Å². The molecule has 1 aromatic heterocycles. The highest BCUT2D eigenvalue weighted by Gasteiger charge is 2.19. The summed E-state index contributed by atoms with van der Waals surface area (Å²) in [6, 6.07) is 9.59. The average Bonchev–Trinajstić information content (AvgIpc) is 3.14. The van der Waals surface area contributed by atoms with E-state index >= 15 is 0 Å². The fourth-order valence-electron chi connectivity index (χ4n) is 2.78. The lowest BCUT2D eigenvalue weighted by Gasteiger charge is -2.08. The van der Waals surface area contributed by atoms with Crippen LogP contribution in [0.3, 0.4) is 0 Å². The number of carbonyl (C=O) groups is 2. The molecule has 0 aliphatic heterocycles. The molecule has 0 radical (unpaired) electrons. The minimum Gasteiger partial charge on any atom is -0.451 e. The molecule has 0 bridgehead atoms. The fourth-order valence-corrected chi connectivity index (χ4v) is 3.93. The number of hydrogen-bond donors (Lipinski definition) is 1. The van der Waals surface area contributed by atoms with Crippen molar-refractivity contribution in [3.05, 3.63) is 51.2 Å². The normalized spacial score (nSPS) is 13.0. The third kappa shape index (κ3) is 3.85. The molecule has 0 spiro atoms. The standard InChI is InChI=1S/C19H21NO3S/c1-12(2)13-6-8-15(9-7-13)20-18(21)11-23-19(22)17-10-14-4-3-5-16(14)24-17/h6-10,12H,3-5,11H2,1-2H3,(H,20,21). The smallest absolute Gasteiger partial charge is 0.348 e. The summed E-state index contributed by atoms with van der Waals surface area (Å²) in [5.74, 6) is -0.299. The SMILES string of the molecule is CC(C)c1ccc(NC(=O)COC(=O)c2cc3c(s2)CCC3)cc1. The van der Waals surface area contributed by atoms with Gasteiger partial charge in [0.15, 0.2) is 6.61 Å². The summed E-state index contributed by atoms with van der Waals surface area (Å²) in [6.07, 6.45) is 3.24. The molecule has 0 saturated carbocycles. The Balaban J connectivity index is 1.50. The van der Waals surface area contributed by atoms with Crippen LogP contribution in [-0.4, -0.2) is 18.5 Å². The van der Waals surface area contributed by atoms with E-state index in [1.807, 2.05) is 30.3 Å². The van der Waals surface area contributed by atoms with E-state index in [0.717, 1.165) is 19.3 Å². The molecule has 2 aromatic rings. The summed E-state index contributed by atoms with van der Waals surface area (Å²) >= 11 is 1.48. The number of rotatable bonds is 5. The van der Waals surface area contributed by atoms with Gasteiger partial charge in [0.25, 0.3) is 5.91 Å². The van der Waals surface area contributed by atoms with Gasteiger partial charge in [-0.05, 0) is 54.5 Å². The Labute approximate surface area is 145 Å². The molecule has 5 heteroatoms. The van der Waals surface area contributed by atoms with Crippen LogP contribution in [0.4, 0.5) is 5.69 Å². The van der Waals surface area contributed by atoms with Crippen LogP contribution in [0.5, 0.6) is 0 Å². The summed E-state index contributed by atoms with van der Waals surface area (Å²) in [7, 11) is 0. The van der Waals surface area contributed by atoms with Crippen molar-refractivity contribution in [3.8, 4) is 0 Å². The lowest BCUT2D eigenvalue weighted by atomic mass is 10.0. The number of hydrogen-bond acceptors (Lipinski definition) is 4. The first kappa shape index (κ1) is 16.7. The molecule has 4 nitrogen and oxygen atoms in total. The van der Waals surface area contributed by atoms with Crippen molar-refractivity contribution in [2.24, 2.45) is 0 Å². The van der Waals surface area contributed by atoms with Crippen LogP contribution >= 0.6 is 11.3 Å². The van der Waals surface area contributed by atoms with Gasteiger partial charge in [0, 0.05) is 10.6 Å². The number of aryl methyl sites for hydroxylation is 2. The van der Waals surface area contributed by atoms with E-state index in [4.69, 9.17) is 4.74 Å². The number of benzene rings is 1. The van der Waals surface area contributed by atoms with Gasteiger partial charge in [-0.2, -0.15) is 0 Å². The Morgan fingerprint density at radius 1 is 1.21 bits per heavy atom. The molecule has 126 valence electrons. The van der Waals surface area contributed by atoms with Crippen molar-refractivity contribution in [1.29, 1.82) is 0 Å². The molecule has 3 rings (SSSR count). The van der Waals surface area contributed by atoms with E-state index in [9.17, 15) is 9.59 Å². The molecule has 0 unspecified atom stereocenters. The molecule has 1 heterocycles. The second-order valence-electron chi connectivity index (χ2n) is 6.31. The van der Waals surface area contributed by atoms with E-state index < -0.39 is 5.97 Å².